The summed E-state index contributed by atoms with van der Waals surface area (Å²) in [6, 6.07) is 9.42. The van der Waals surface area contributed by atoms with Gasteiger partial charge in [0.1, 0.15) is 0 Å². The molecular formula is C16H24N2. The van der Waals surface area contributed by atoms with Crippen molar-refractivity contribution in [1.29, 1.82) is 0 Å². The van der Waals surface area contributed by atoms with Gasteiger partial charge in [-0.3, -0.25) is 0 Å². The van der Waals surface area contributed by atoms with Gasteiger partial charge in [0.25, 0.3) is 0 Å². The molecule has 1 unspecified atom stereocenters. The van der Waals surface area contributed by atoms with Crippen molar-refractivity contribution in [3.8, 4) is 0 Å². The van der Waals surface area contributed by atoms with Gasteiger partial charge in [-0.2, -0.15) is 0 Å². The fourth-order valence-corrected chi connectivity index (χ4v) is 2.39. The average molecular weight is 244 g/mol. The van der Waals surface area contributed by atoms with Crippen molar-refractivity contribution in [3.63, 3.8) is 0 Å². The summed E-state index contributed by atoms with van der Waals surface area (Å²) in [5.74, 6) is 0. The molecule has 0 fully saturated rings. The van der Waals surface area contributed by atoms with E-state index in [2.05, 4.69) is 61.1 Å². The lowest BCUT2D eigenvalue weighted by Crippen LogP contribution is -2.28. The van der Waals surface area contributed by atoms with Gasteiger partial charge >= 0.3 is 0 Å². The Hall–Kier alpha value is -1.28. The number of aromatic nitrogens is 1. The lowest BCUT2D eigenvalue weighted by molar-refractivity contribution is 0.508. The van der Waals surface area contributed by atoms with Crippen LogP contribution < -0.4 is 5.32 Å². The molecule has 0 bridgehead atoms. The second-order valence-corrected chi connectivity index (χ2v) is 4.98. The first kappa shape index (κ1) is 13.2. The smallest absolute Gasteiger partial charge is 0.0513 e. The van der Waals surface area contributed by atoms with Gasteiger partial charge in [0.15, 0.2) is 0 Å². The SMILES string of the molecule is CCc1cccc2ccn(CCNC(C)CC)c12. The molecule has 18 heavy (non-hydrogen) atoms. The van der Waals surface area contributed by atoms with Crippen LogP contribution in [-0.2, 0) is 13.0 Å². The Morgan fingerprint density at radius 3 is 2.78 bits per heavy atom. The molecule has 2 aromatic rings. The molecule has 0 saturated carbocycles. The molecule has 0 aliphatic rings. The normalized spacial score (nSPS) is 13.1. The first-order valence-electron chi connectivity index (χ1n) is 7.06. The number of nitrogens with zero attached hydrogens (tertiary/aromatic N) is 1. The molecule has 0 saturated heterocycles. The zero-order valence-electron chi connectivity index (χ0n) is 11.7. The number of aryl methyl sites for hydroxylation is 1. The number of para-hydroxylation sites is 1. The summed E-state index contributed by atoms with van der Waals surface area (Å²) >= 11 is 0. The first-order chi connectivity index (χ1) is 8.76. The van der Waals surface area contributed by atoms with E-state index < -0.39 is 0 Å². The van der Waals surface area contributed by atoms with Gasteiger partial charge in [-0.05, 0) is 36.8 Å². The number of fused-ring (bicyclic) bond motifs is 1. The van der Waals surface area contributed by atoms with Crippen LogP contribution in [0.1, 0.15) is 32.8 Å². The van der Waals surface area contributed by atoms with Gasteiger partial charge < -0.3 is 9.88 Å². The van der Waals surface area contributed by atoms with E-state index in [0.717, 1.165) is 19.5 Å². The van der Waals surface area contributed by atoms with Gasteiger partial charge in [0.2, 0.25) is 0 Å². The second-order valence-electron chi connectivity index (χ2n) is 4.98. The van der Waals surface area contributed by atoms with E-state index in [4.69, 9.17) is 0 Å². The minimum atomic E-state index is 0.609. The highest BCUT2D eigenvalue weighted by Gasteiger charge is 2.05. The second kappa shape index (κ2) is 6.05. The molecule has 98 valence electrons. The van der Waals surface area contributed by atoms with Crippen LogP contribution in [0.4, 0.5) is 0 Å². The van der Waals surface area contributed by atoms with E-state index in [-0.39, 0.29) is 0 Å². The van der Waals surface area contributed by atoms with E-state index >= 15 is 0 Å². The molecule has 1 aromatic heterocycles. The molecule has 0 aliphatic heterocycles. The van der Waals surface area contributed by atoms with Crippen molar-refractivity contribution in [2.75, 3.05) is 6.54 Å². The Kier molecular flexibility index (Phi) is 4.43. The minimum Gasteiger partial charge on any atom is -0.346 e. The van der Waals surface area contributed by atoms with Crippen molar-refractivity contribution < 1.29 is 0 Å². The van der Waals surface area contributed by atoms with Gasteiger partial charge in [-0.25, -0.2) is 0 Å². The van der Waals surface area contributed by atoms with E-state index in [0.29, 0.717) is 6.04 Å². The van der Waals surface area contributed by atoms with Crippen LogP contribution in [0.5, 0.6) is 0 Å². The summed E-state index contributed by atoms with van der Waals surface area (Å²) in [6.45, 7) is 8.77. The van der Waals surface area contributed by atoms with Crippen molar-refractivity contribution >= 4 is 10.9 Å². The predicted octanol–water partition coefficient (Wildman–Crippen LogP) is 3.59. The van der Waals surface area contributed by atoms with E-state index in [1.54, 1.807) is 0 Å². The van der Waals surface area contributed by atoms with Crippen molar-refractivity contribution in [1.82, 2.24) is 9.88 Å². The predicted molar refractivity (Wildman–Crippen MR) is 79.1 cm³/mol. The Balaban J connectivity index is 2.13. The monoisotopic (exact) mass is 244 g/mol. The Labute approximate surface area is 110 Å². The van der Waals surface area contributed by atoms with Crippen LogP contribution in [-0.4, -0.2) is 17.2 Å². The third-order valence-corrected chi connectivity index (χ3v) is 3.71. The van der Waals surface area contributed by atoms with Gasteiger partial charge in [0.05, 0.1) is 5.52 Å². The van der Waals surface area contributed by atoms with E-state index in [9.17, 15) is 0 Å². The minimum absolute atomic E-state index is 0.609. The first-order valence-corrected chi connectivity index (χ1v) is 7.06. The fourth-order valence-electron chi connectivity index (χ4n) is 2.39. The van der Waals surface area contributed by atoms with E-state index in [1.165, 1.54) is 22.9 Å². The van der Waals surface area contributed by atoms with Crippen molar-refractivity contribution in [2.45, 2.75) is 46.2 Å². The molecule has 1 aromatic carbocycles. The molecule has 0 radical (unpaired) electrons. The highest BCUT2D eigenvalue weighted by atomic mass is 15.0. The zero-order chi connectivity index (χ0) is 13.0. The quantitative estimate of drug-likeness (QED) is 0.821. The summed E-state index contributed by atoms with van der Waals surface area (Å²) in [5.41, 5.74) is 2.85. The molecule has 0 aliphatic carbocycles. The molecule has 2 rings (SSSR count). The lowest BCUT2D eigenvalue weighted by Gasteiger charge is -2.13. The van der Waals surface area contributed by atoms with Crippen molar-refractivity contribution in [3.05, 3.63) is 36.0 Å². The maximum Gasteiger partial charge on any atom is 0.0513 e. The van der Waals surface area contributed by atoms with Gasteiger partial charge in [-0.1, -0.05) is 32.0 Å². The van der Waals surface area contributed by atoms with Crippen LogP contribution in [0.2, 0.25) is 0 Å². The number of nitrogens with one attached hydrogen (secondary N) is 1. The molecule has 2 nitrogen and oxygen atoms in total. The molecule has 1 N–H and O–H groups in total. The number of benzene rings is 1. The number of hydrogen-bond donors (Lipinski definition) is 1. The summed E-state index contributed by atoms with van der Waals surface area (Å²) in [6.07, 6.45) is 4.49. The Morgan fingerprint density at radius 2 is 2.06 bits per heavy atom. The molecule has 0 spiro atoms. The van der Waals surface area contributed by atoms with Crippen LogP contribution in [0.15, 0.2) is 30.5 Å². The summed E-state index contributed by atoms with van der Waals surface area (Å²) in [4.78, 5) is 0. The largest absolute Gasteiger partial charge is 0.346 e. The zero-order valence-corrected chi connectivity index (χ0v) is 11.7. The molecule has 2 heteroatoms. The maximum atomic E-state index is 3.55. The number of hydrogen-bond acceptors (Lipinski definition) is 1. The topological polar surface area (TPSA) is 17.0 Å². The third-order valence-electron chi connectivity index (χ3n) is 3.71. The fraction of sp³-hybridized carbons (Fsp3) is 0.500. The number of rotatable bonds is 6. The standard InChI is InChI=1S/C16H24N2/c1-4-13(3)17-10-12-18-11-9-15-8-6-7-14(5-2)16(15)18/h6-9,11,13,17H,4-5,10,12H2,1-3H3. The summed E-state index contributed by atoms with van der Waals surface area (Å²) in [7, 11) is 0. The highest BCUT2D eigenvalue weighted by molar-refractivity contribution is 5.83. The highest BCUT2D eigenvalue weighted by Crippen LogP contribution is 2.20. The van der Waals surface area contributed by atoms with Crippen LogP contribution in [0.3, 0.4) is 0 Å². The Bertz CT molecular complexity index is 499. The van der Waals surface area contributed by atoms with Crippen LogP contribution in [0, 0.1) is 0 Å². The van der Waals surface area contributed by atoms with Crippen molar-refractivity contribution in [2.24, 2.45) is 0 Å². The molecule has 0 amide bonds. The molecule has 1 heterocycles. The summed E-state index contributed by atoms with van der Waals surface area (Å²) < 4.78 is 2.38. The maximum absolute atomic E-state index is 3.55. The van der Waals surface area contributed by atoms with E-state index in [1.807, 2.05) is 0 Å². The Morgan fingerprint density at radius 1 is 1.22 bits per heavy atom. The van der Waals surface area contributed by atoms with Crippen LogP contribution >= 0.6 is 0 Å². The van der Waals surface area contributed by atoms with Gasteiger partial charge in [0, 0.05) is 25.3 Å². The third kappa shape index (κ3) is 2.75. The lowest BCUT2D eigenvalue weighted by atomic mass is 10.1. The molecular weight excluding hydrogens is 220 g/mol. The summed E-state index contributed by atoms with van der Waals surface area (Å²) in [5, 5.41) is 4.91. The molecule has 1 atom stereocenters. The van der Waals surface area contributed by atoms with Crippen LogP contribution in [0.25, 0.3) is 10.9 Å². The average Bonchev–Trinajstić information content (AvgIpc) is 2.82. The van der Waals surface area contributed by atoms with Gasteiger partial charge in [-0.15, -0.1) is 0 Å².